The van der Waals surface area contributed by atoms with Gasteiger partial charge in [0, 0.05) is 5.02 Å². The molecular weight excluding hydrogens is 236 g/mol. The lowest BCUT2D eigenvalue weighted by Crippen LogP contribution is -1.97. The molecule has 0 unspecified atom stereocenters. The van der Waals surface area contributed by atoms with E-state index in [9.17, 15) is 4.79 Å². The molecule has 0 spiro atoms. The van der Waals surface area contributed by atoms with Crippen molar-refractivity contribution in [1.82, 2.24) is 0 Å². The summed E-state index contributed by atoms with van der Waals surface area (Å²) in [6.07, 6.45) is 0. The first-order valence-corrected chi connectivity index (χ1v) is 5.55. The number of rotatable bonds is 2. The van der Waals surface area contributed by atoms with Gasteiger partial charge < -0.3 is 5.11 Å². The minimum Gasteiger partial charge on any atom is -0.478 e. The molecule has 0 fully saturated rings. The summed E-state index contributed by atoms with van der Waals surface area (Å²) in [5.74, 6) is -0.911. The molecule has 0 bridgehead atoms. The van der Waals surface area contributed by atoms with Gasteiger partial charge in [-0.1, -0.05) is 29.8 Å². The first-order valence-electron chi connectivity index (χ1n) is 5.18. The van der Waals surface area contributed by atoms with Crippen LogP contribution in [0.15, 0.2) is 42.5 Å². The summed E-state index contributed by atoms with van der Waals surface area (Å²) in [6.45, 7) is 1.89. The SMILES string of the molecule is Cc1cc(C(=O)O)ccc1-c1cccc(Cl)c1. The molecule has 86 valence electrons. The predicted molar refractivity (Wildman–Crippen MR) is 68.6 cm³/mol. The molecule has 0 aliphatic rings. The van der Waals surface area contributed by atoms with Gasteiger partial charge in [0.05, 0.1) is 5.56 Å². The zero-order chi connectivity index (χ0) is 12.4. The summed E-state index contributed by atoms with van der Waals surface area (Å²) < 4.78 is 0. The molecule has 0 aromatic heterocycles. The Morgan fingerprint density at radius 2 is 1.94 bits per heavy atom. The molecular formula is C14H11ClO2. The van der Waals surface area contributed by atoms with Crippen molar-refractivity contribution in [2.75, 3.05) is 0 Å². The van der Waals surface area contributed by atoms with Gasteiger partial charge >= 0.3 is 5.97 Å². The Kier molecular flexibility index (Phi) is 3.16. The average molecular weight is 247 g/mol. The van der Waals surface area contributed by atoms with Crippen LogP contribution < -0.4 is 0 Å². The number of benzene rings is 2. The van der Waals surface area contributed by atoms with Gasteiger partial charge in [-0.05, 0) is 47.9 Å². The number of hydrogen-bond acceptors (Lipinski definition) is 1. The smallest absolute Gasteiger partial charge is 0.335 e. The van der Waals surface area contributed by atoms with Gasteiger partial charge in [0.15, 0.2) is 0 Å². The molecule has 0 heterocycles. The second-order valence-corrected chi connectivity index (χ2v) is 4.28. The summed E-state index contributed by atoms with van der Waals surface area (Å²) in [5.41, 5.74) is 3.21. The van der Waals surface area contributed by atoms with E-state index in [1.807, 2.05) is 37.3 Å². The first-order chi connectivity index (χ1) is 8.08. The highest BCUT2D eigenvalue weighted by atomic mass is 35.5. The van der Waals surface area contributed by atoms with E-state index in [1.165, 1.54) is 0 Å². The van der Waals surface area contributed by atoms with Crippen LogP contribution >= 0.6 is 11.6 Å². The number of halogens is 1. The Bertz CT molecular complexity index is 576. The number of aromatic carboxylic acids is 1. The van der Waals surface area contributed by atoms with Gasteiger partial charge in [0.1, 0.15) is 0 Å². The summed E-state index contributed by atoms with van der Waals surface area (Å²) in [6, 6.07) is 12.6. The third-order valence-electron chi connectivity index (χ3n) is 2.61. The van der Waals surface area contributed by atoms with Crippen LogP contribution in [0.4, 0.5) is 0 Å². The van der Waals surface area contributed by atoms with Crippen molar-refractivity contribution < 1.29 is 9.90 Å². The van der Waals surface area contributed by atoms with Gasteiger partial charge in [-0.2, -0.15) is 0 Å². The van der Waals surface area contributed by atoms with Crippen molar-refractivity contribution in [1.29, 1.82) is 0 Å². The Hall–Kier alpha value is -1.80. The maximum absolute atomic E-state index is 10.8. The zero-order valence-electron chi connectivity index (χ0n) is 9.27. The van der Waals surface area contributed by atoms with Crippen LogP contribution in [-0.4, -0.2) is 11.1 Å². The van der Waals surface area contributed by atoms with Gasteiger partial charge in [-0.25, -0.2) is 4.79 Å². The highest BCUT2D eigenvalue weighted by Gasteiger charge is 2.07. The molecule has 3 heteroatoms. The van der Waals surface area contributed by atoms with Gasteiger partial charge in [0.25, 0.3) is 0 Å². The summed E-state index contributed by atoms with van der Waals surface area (Å²) in [4.78, 5) is 10.8. The van der Waals surface area contributed by atoms with Crippen LogP contribution in [0.3, 0.4) is 0 Å². The molecule has 0 atom stereocenters. The minimum atomic E-state index is -0.911. The predicted octanol–water partition coefficient (Wildman–Crippen LogP) is 4.01. The van der Waals surface area contributed by atoms with Crippen LogP contribution in [-0.2, 0) is 0 Å². The average Bonchev–Trinajstić information content (AvgIpc) is 2.28. The summed E-state index contributed by atoms with van der Waals surface area (Å²) in [7, 11) is 0. The molecule has 2 rings (SSSR count). The lowest BCUT2D eigenvalue weighted by Gasteiger charge is -2.07. The fourth-order valence-electron chi connectivity index (χ4n) is 1.78. The molecule has 2 aromatic carbocycles. The highest BCUT2D eigenvalue weighted by molar-refractivity contribution is 6.30. The molecule has 1 N–H and O–H groups in total. The molecule has 0 aliphatic carbocycles. The van der Waals surface area contributed by atoms with Crippen LogP contribution in [0.1, 0.15) is 15.9 Å². The largest absolute Gasteiger partial charge is 0.478 e. The van der Waals surface area contributed by atoms with Crippen molar-refractivity contribution >= 4 is 17.6 Å². The quantitative estimate of drug-likeness (QED) is 0.869. The highest BCUT2D eigenvalue weighted by Crippen LogP contribution is 2.26. The fourth-order valence-corrected chi connectivity index (χ4v) is 1.97. The Balaban J connectivity index is 2.50. The standard InChI is InChI=1S/C14H11ClO2/c1-9-7-11(14(16)17)5-6-13(9)10-3-2-4-12(15)8-10/h2-8H,1H3,(H,16,17). The minimum absolute atomic E-state index is 0.299. The molecule has 0 aliphatic heterocycles. The summed E-state index contributed by atoms with van der Waals surface area (Å²) >= 11 is 5.93. The second kappa shape index (κ2) is 4.60. The van der Waals surface area contributed by atoms with Gasteiger partial charge in [-0.3, -0.25) is 0 Å². The molecule has 2 nitrogen and oxygen atoms in total. The van der Waals surface area contributed by atoms with Crippen molar-refractivity contribution in [3.8, 4) is 11.1 Å². The molecule has 0 saturated heterocycles. The van der Waals surface area contributed by atoms with E-state index in [0.717, 1.165) is 16.7 Å². The van der Waals surface area contributed by atoms with Crippen molar-refractivity contribution in [2.45, 2.75) is 6.92 Å². The normalized spacial score (nSPS) is 10.2. The molecule has 2 aromatic rings. The van der Waals surface area contributed by atoms with Gasteiger partial charge in [0.2, 0.25) is 0 Å². The lowest BCUT2D eigenvalue weighted by molar-refractivity contribution is 0.0697. The summed E-state index contributed by atoms with van der Waals surface area (Å²) in [5, 5.41) is 9.56. The number of carboxylic acids is 1. The van der Waals surface area contributed by atoms with E-state index in [0.29, 0.717) is 10.6 Å². The first kappa shape index (κ1) is 11.7. The third kappa shape index (κ3) is 2.48. The molecule has 17 heavy (non-hydrogen) atoms. The van der Waals surface area contributed by atoms with Crippen LogP contribution in [0.5, 0.6) is 0 Å². The second-order valence-electron chi connectivity index (χ2n) is 3.85. The van der Waals surface area contributed by atoms with E-state index >= 15 is 0 Å². The Morgan fingerprint density at radius 3 is 2.53 bits per heavy atom. The fraction of sp³-hybridized carbons (Fsp3) is 0.0714. The van der Waals surface area contributed by atoms with E-state index in [2.05, 4.69) is 0 Å². The van der Waals surface area contributed by atoms with Crippen LogP contribution in [0, 0.1) is 6.92 Å². The zero-order valence-corrected chi connectivity index (χ0v) is 10.0. The van der Waals surface area contributed by atoms with E-state index in [-0.39, 0.29) is 0 Å². The lowest BCUT2D eigenvalue weighted by atomic mass is 9.98. The molecule has 0 radical (unpaired) electrons. The monoisotopic (exact) mass is 246 g/mol. The maximum Gasteiger partial charge on any atom is 0.335 e. The van der Waals surface area contributed by atoms with Crippen LogP contribution in [0.2, 0.25) is 5.02 Å². The van der Waals surface area contributed by atoms with Gasteiger partial charge in [-0.15, -0.1) is 0 Å². The topological polar surface area (TPSA) is 37.3 Å². The van der Waals surface area contributed by atoms with E-state index in [4.69, 9.17) is 16.7 Å². The van der Waals surface area contributed by atoms with E-state index < -0.39 is 5.97 Å². The maximum atomic E-state index is 10.8. The van der Waals surface area contributed by atoms with Crippen molar-refractivity contribution in [3.05, 3.63) is 58.6 Å². The number of hydrogen-bond donors (Lipinski definition) is 1. The number of carbonyl (C=O) groups is 1. The van der Waals surface area contributed by atoms with Crippen molar-refractivity contribution in [3.63, 3.8) is 0 Å². The number of carboxylic acid groups (broad SMARTS) is 1. The third-order valence-corrected chi connectivity index (χ3v) is 2.84. The Labute approximate surface area is 104 Å². The molecule has 0 saturated carbocycles. The van der Waals surface area contributed by atoms with E-state index in [1.54, 1.807) is 12.1 Å². The van der Waals surface area contributed by atoms with Crippen LogP contribution in [0.25, 0.3) is 11.1 Å². The van der Waals surface area contributed by atoms with Crippen molar-refractivity contribution in [2.24, 2.45) is 0 Å². The molecule has 0 amide bonds. The Morgan fingerprint density at radius 1 is 1.18 bits per heavy atom. The number of aryl methyl sites for hydroxylation is 1.